The molecule has 0 bridgehead atoms. The van der Waals surface area contributed by atoms with Gasteiger partial charge >= 0.3 is 0 Å². The van der Waals surface area contributed by atoms with Crippen LogP contribution >= 0.6 is 15.9 Å². The molecule has 0 radical (unpaired) electrons. The number of aryl methyl sites for hydroxylation is 1. The van der Waals surface area contributed by atoms with Gasteiger partial charge in [-0.05, 0) is 31.2 Å². The molecule has 18 heavy (non-hydrogen) atoms. The van der Waals surface area contributed by atoms with E-state index in [-0.39, 0.29) is 11.1 Å². The summed E-state index contributed by atoms with van der Waals surface area (Å²) in [5.41, 5.74) is 0.519. The second kappa shape index (κ2) is 4.75. The van der Waals surface area contributed by atoms with Crippen molar-refractivity contribution in [3.8, 4) is 17.2 Å². The molecule has 0 atom stereocenters. The molecule has 0 saturated carbocycles. The largest absolute Gasteiger partial charge is 0.325 e. The highest BCUT2D eigenvalue weighted by Gasteiger charge is 2.14. The Kier molecular flexibility index (Phi) is 3.30. The summed E-state index contributed by atoms with van der Waals surface area (Å²) in [6, 6.07) is 7.79. The van der Waals surface area contributed by atoms with E-state index in [1.54, 1.807) is 25.1 Å². The molecule has 2 rings (SSSR count). The van der Waals surface area contributed by atoms with E-state index >= 15 is 0 Å². The van der Waals surface area contributed by atoms with E-state index in [1.807, 2.05) is 6.07 Å². The third-order valence-electron chi connectivity index (χ3n) is 2.50. The van der Waals surface area contributed by atoms with Gasteiger partial charge in [0.15, 0.2) is 0 Å². The molecule has 3 nitrogen and oxygen atoms in total. The lowest BCUT2D eigenvalue weighted by Crippen LogP contribution is -2.13. The minimum absolute atomic E-state index is 0.0856. The van der Waals surface area contributed by atoms with Crippen molar-refractivity contribution in [1.82, 2.24) is 4.98 Å². The van der Waals surface area contributed by atoms with Crippen molar-refractivity contribution in [2.45, 2.75) is 6.92 Å². The van der Waals surface area contributed by atoms with Gasteiger partial charge in [0.1, 0.15) is 17.4 Å². The van der Waals surface area contributed by atoms with Crippen LogP contribution in [-0.2, 0) is 0 Å². The predicted molar refractivity (Wildman–Crippen MR) is 69.6 cm³/mol. The van der Waals surface area contributed by atoms with E-state index in [0.717, 1.165) is 0 Å². The smallest absolute Gasteiger partial charge is 0.266 e. The summed E-state index contributed by atoms with van der Waals surface area (Å²) in [5, 5.41) is 9.01. The van der Waals surface area contributed by atoms with Gasteiger partial charge in [-0.25, -0.2) is 4.39 Å². The van der Waals surface area contributed by atoms with E-state index in [0.29, 0.717) is 15.7 Å². The Balaban J connectivity index is 2.83. The number of aromatic nitrogens is 1. The first-order chi connectivity index (χ1) is 8.52. The van der Waals surface area contributed by atoms with Gasteiger partial charge in [-0.1, -0.05) is 15.9 Å². The van der Waals surface area contributed by atoms with Crippen LogP contribution in [0, 0.1) is 24.1 Å². The molecule has 0 amide bonds. The second-order valence-corrected chi connectivity index (χ2v) is 4.72. The zero-order valence-corrected chi connectivity index (χ0v) is 11.0. The Morgan fingerprint density at radius 2 is 2.06 bits per heavy atom. The summed E-state index contributed by atoms with van der Waals surface area (Å²) in [4.78, 5) is 14.2. The maximum atomic E-state index is 13.8. The van der Waals surface area contributed by atoms with E-state index < -0.39 is 11.4 Å². The third-order valence-corrected chi connectivity index (χ3v) is 2.99. The number of nitrogens with one attached hydrogen (secondary N) is 1. The number of benzene rings is 1. The summed E-state index contributed by atoms with van der Waals surface area (Å²) >= 11 is 3.24. The Hall–Kier alpha value is -1.93. The number of aromatic amines is 1. The number of hydrogen-bond acceptors (Lipinski definition) is 2. The summed E-state index contributed by atoms with van der Waals surface area (Å²) in [5.74, 6) is -0.472. The molecule has 1 N–H and O–H groups in total. The lowest BCUT2D eigenvalue weighted by atomic mass is 10.0. The quantitative estimate of drug-likeness (QED) is 0.880. The van der Waals surface area contributed by atoms with E-state index in [1.165, 1.54) is 6.07 Å². The van der Waals surface area contributed by atoms with Gasteiger partial charge in [-0.3, -0.25) is 4.79 Å². The van der Waals surface area contributed by atoms with Crippen molar-refractivity contribution in [3.05, 3.63) is 56.2 Å². The predicted octanol–water partition coefficient (Wildman–Crippen LogP) is 3.12. The fourth-order valence-corrected chi connectivity index (χ4v) is 2.08. The van der Waals surface area contributed by atoms with Gasteiger partial charge in [0, 0.05) is 21.3 Å². The summed E-state index contributed by atoms with van der Waals surface area (Å²) < 4.78 is 14.5. The average molecular weight is 307 g/mol. The zero-order chi connectivity index (χ0) is 13.3. The Morgan fingerprint density at radius 3 is 2.72 bits per heavy atom. The number of nitriles is 1. The van der Waals surface area contributed by atoms with Gasteiger partial charge in [0.05, 0.1) is 0 Å². The van der Waals surface area contributed by atoms with Gasteiger partial charge in [0.2, 0.25) is 0 Å². The van der Waals surface area contributed by atoms with Crippen molar-refractivity contribution in [2.75, 3.05) is 0 Å². The van der Waals surface area contributed by atoms with Crippen molar-refractivity contribution >= 4 is 15.9 Å². The minimum atomic E-state index is -0.508. The first-order valence-corrected chi connectivity index (χ1v) is 5.91. The highest BCUT2D eigenvalue weighted by atomic mass is 79.9. The molecule has 5 heteroatoms. The molecule has 2 aromatic rings. The number of halogens is 2. The van der Waals surface area contributed by atoms with Crippen LogP contribution in [0.4, 0.5) is 4.39 Å². The second-order valence-electron chi connectivity index (χ2n) is 3.81. The third kappa shape index (κ3) is 2.20. The molecule has 1 aromatic heterocycles. The van der Waals surface area contributed by atoms with Crippen LogP contribution in [-0.4, -0.2) is 4.98 Å². The maximum Gasteiger partial charge on any atom is 0.266 e. The van der Waals surface area contributed by atoms with Crippen LogP contribution in [0.15, 0.2) is 33.5 Å². The number of H-pyrrole nitrogens is 1. The number of pyridine rings is 1. The molecule has 0 saturated heterocycles. The first-order valence-electron chi connectivity index (χ1n) is 5.12. The maximum absolute atomic E-state index is 13.8. The fraction of sp³-hybridized carbons (Fsp3) is 0.0769. The summed E-state index contributed by atoms with van der Waals surface area (Å²) in [7, 11) is 0. The highest BCUT2D eigenvalue weighted by molar-refractivity contribution is 9.10. The number of rotatable bonds is 1. The first kappa shape index (κ1) is 12.5. The van der Waals surface area contributed by atoms with Gasteiger partial charge in [-0.2, -0.15) is 5.26 Å². The topological polar surface area (TPSA) is 56.6 Å². The van der Waals surface area contributed by atoms with Crippen LogP contribution in [0.1, 0.15) is 11.3 Å². The summed E-state index contributed by atoms with van der Waals surface area (Å²) in [6.07, 6.45) is 0. The monoisotopic (exact) mass is 306 g/mol. The normalized spacial score (nSPS) is 10.1. The van der Waals surface area contributed by atoms with Crippen molar-refractivity contribution < 1.29 is 4.39 Å². The van der Waals surface area contributed by atoms with Crippen LogP contribution in [0.5, 0.6) is 0 Å². The molecule has 1 aromatic carbocycles. The summed E-state index contributed by atoms with van der Waals surface area (Å²) in [6.45, 7) is 1.68. The Morgan fingerprint density at radius 1 is 1.33 bits per heavy atom. The van der Waals surface area contributed by atoms with E-state index in [4.69, 9.17) is 5.26 Å². The van der Waals surface area contributed by atoms with Crippen LogP contribution < -0.4 is 5.56 Å². The van der Waals surface area contributed by atoms with Gasteiger partial charge in [-0.15, -0.1) is 0 Å². The van der Waals surface area contributed by atoms with E-state index in [9.17, 15) is 9.18 Å². The van der Waals surface area contributed by atoms with Crippen LogP contribution in [0.2, 0.25) is 0 Å². The van der Waals surface area contributed by atoms with Crippen molar-refractivity contribution in [3.63, 3.8) is 0 Å². The molecular weight excluding hydrogens is 299 g/mol. The molecule has 0 aliphatic rings. The molecule has 90 valence electrons. The fourth-order valence-electron chi connectivity index (χ4n) is 1.72. The lowest BCUT2D eigenvalue weighted by Gasteiger charge is -2.07. The zero-order valence-electron chi connectivity index (χ0n) is 9.42. The lowest BCUT2D eigenvalue weighted by molar-refractivity contribution is 0.631. The Labute approximate surface area is 111 Å². The molecule has 0 unspecified atom stereocenters. The van der Waals surface area contributed by atoms with Crippen molar-refractivity contribution in [1.29, 1.82) is 5.26 Å². The molecule has 1 heterocycles. The van der Waals surface area contributed by atoms with E-state index in [2.05, 4.69) is 20.9 Å². The SMILES string of the molecule is Cc1cc(-c2cc(Br)ccc2F)c(C#N)c(=O)[nH]1. The molecule has 0 aliphatic carbocycles. The highest BCUT2D eigenvalue weighted by Crippen LogP contribution is 2.27. The molecule has 0 spiro atoms. The van der Waals surface area contributed by atoms with Gasteiger partial charge < -0.3 is 4.98 Å². The minimum Gasteiger partial charge on any atom is -0.325 e. The van der Waals surface area contributed by atoms with Crippen LogP contribution in [0.3, 0.4) is 0 Å². The van der Waals surface area contributed by atoms with Crippen LogP contribution in [0.25, 0.3) is 11.1 Å². The standard InChI is InChI=1S/C13H8BrFN2O/c1-7-4-9(11(6-16)13(18)17-7)10-5-8(14)2-3-12(10)15/h2-5H,1H3,(H,17,18). The Bertz CT molecular complexity index is 716. The van der Waals surface area contributed by atoms with Gasteiger partial charge in [0.25, 0.3) is 5.56 Å². The van der Waals surface area contributed by atoms with Crippen molar-refractivity contribution in [2.24, 2.45) is 0 Å². The molecule has 0 fully saturated rings. The average Bonchev–Trinajstić information content (AvgIpc) is 2.31. The number of nitrogens with zero attached hydrogens (tertiary/aromatic N) is 1. The molecule has 0 aliphatic heterocycles. The molecular formula is C13H8BrFN2O. The number of hydrogen-bond donors (Lipinski definition) is 1.